The highest BCUT2D eigenvalue weighted by Gasteiger charge is 2.23. The minimum atomic E-state index is -0.695. The lowest BCUT2D eigenvalue weighted by Gasteiger charge is -2.24. The van der Waals surface area contributed by atoms with E-state index in [4.69, 9.17) is 4.74 Å². The second-order valence-electron chi connectivity index (χ2n) is 5.76. The number of anilines is 1. The average molecular weight is 332 g/mol. The van der Waals surface area contributed by atoms with Gasteiger partial charge >= 0.3 is 11.8 Å². The zero-order valence-electron chi connectivity index (χ0n) is 13.4. The molecule has 1 heterocycles. The van der Waals surface area contributed by atoms with Gasteiger partial charge in [-0.1, -0.05) is 19.9 Å². The topological polar surface area (TPSA) is 67.4 Å². The Bertz CT molecular complexity index is 681. The molecule has 0 saturated heterocycles. The first kappa shape index (κ1) is 17.0. The standard InChI is InChI=1S/C17H20N2O3S/c1-17(2,12-7-8-23-10-12)11-18-15(20)16(21)19-13-5-4-6-14(9-13)22-3/h4-10H,11H2,1-3H3,(H,18,20)(H,19,21). The summed E-state index contributed by atoms with van der Waals surface area (Å²) in [5, 5.41) is 9.28. The summed E-state index contributed by atoms with van der Waals surface area (Å²) < 4.78 is 5.08. The van der Waals surface area contributed by atoms with Gasteiger partial charge in [-0.3, -0.25) is 9.59 Å². The van der Waals surface area contributed by atoms with Crippen molar-refractivity contribution in [2.75, 3.05) is 19.0 Å². The Hall–Kier alpha value is -2.34. The summed E-state index contributed by atoms with van der Waals surface area (Å²) in [7, 11) is 1.54. The van der Waals surface area contributed by atoms with E-state index in [9.17, 15) is 9.59 Å². The molecule has 0 saturated carbocycles. The van der Waals surface area contributed by atoms with Crippen molar-refractivity contribution in [2.24, 2.45) is 0 Å². The molecule has 0 aliphatic rings. The number of hydrogen-bond acceptors (Lipinski definition) is 4. The lowest BCUT2D eigenvalue weighted by molar-refractivity contribution is -0.136. The quantitative estimate of drug-likeness (QED) is 0.827. The van der Waals surface area contributed by atoms with E-state index in [1.54, 1.807) is 42.7 Å². The first-order valence-corrected chi connectivity index (χ1v) is 8.12. The zero-order valence-corrected chi connectivity index (χ0v) is 14.2. The number of hydrogen-bond donors (Lipinski definition) is 2. The fourth-order valence-electron chi connectivity index (χ4n) is 2.02. The van der Waals surface area contributed by atoms with E-state index in [1.807, 2.05) is 30.7 Å². The van der Waals surface area contributed by atoms with E-state index in [-0.39, 0.29) is 5.41 Å². The Labute approximate surface area is 139 Å². The van der Waals surface area contributed by atoms with Crippen LogP contribution in [-0.4, -0.2) is 25.5 Å². The minimum absolute atomic E-state index is 0.230. The Morgan fingerprint density at radius 1 is 1.22 bits per heavy atom. The van der Waals surface area contributed by atoms with Crippen LogP contribution in [-0.2, 0) is 15.0 Å². The number of nitrogens with one attached hydrogen (secondary N) is 2. The maximum atomic E-state index is 12.0. The lowest BCUT2D eigenvalue weighted by atomic mass is 9.86. The van der Waals surface area contributed by atoms with E-state index in [0.29, 0.717) is 18.0 Å². The van der Waals surface area contributed by atoms with Crippen LogP contribution in [0.25, 0.3) is 0 Å². The number of ether oxygens (including phenoxy) is 1. The highest BCUT2D eigenvalue weighted by Crippen LogP contribution is 2.24. The second kappa shape index (κ2) is 7.28. The molecule has 0 aliphatic carbocycles. The van der Waals surface area contributed by atoms with Gasteiger partial charge in [0.15, 0.2) is 0 Å². The van der Waals surface area contributed by atoms with Crippen LogP contribution in [0, 0.1) is 0 Å². The molecule has 2 amide bonds. The Kier molecular flexibility index (Phi) is 5.39. The highest BCUT2D eigenvalue weighted by molar-refractivity contribution is 7.08. The molecule has 0 unspecified atom stereocenters. The van der Waals surface area contributed by atoms with Crippen molar-refractivity contribution in [3.05, 3.63) is 46.7 Å². The summed E-state index contributed by atoms with van der Waals surface area (Å²) in [6, 6.07) is 8.88. The van der Waals surface area contributed by atoms with Crippen LogP contribution in [0.1, 0.15) is 19.4 Å². The third kappa shape index (κ3) is 4.56. The molecule has 5 nitrogen and oxygen atoms in total. The number of methoxy groups -OCH3 is 1. The molecule has 0 atom stereocenters. The Balaban J connectivity index is 1.91. The van der Waals surface area contributed by atoms with Crippen molar-refractivity contribution in [2.45, 2.75) is 19.3 Å². The molecule has 0 bridgehead atoms. The molecule has 0 spiro atoms. The molecule has 1 aromatic heterocycles. The van der Waals surface area contributed by atoms with Gasteiger partial charge in [0.25, 0.3) is 0 Å². The zero-order chi connectivity index (χ0) is 16.9. The average Bonchev–Trinajstić information content (AvgIpc) is 3.08. The SMILES string of the molecule is COc1cccc(NC(=O)C(=O)NCC(C)(C)c2ccsc2)c1. The third-order valence-corrected chi connectivity index (χ3v) is 4.21. The molecule has 6 heteroatoms. The van der Waals surface area contributed by atoms with Crippen LogP contribution < -0.4 is 15.4 Å². The summed E-state index contributed by atoms with van der Waals surface area (Å²) >= 11 is 1.61. The summed E-state index contributed by atoms with van der Waals surface area (Å²) in [6.45, 7) is 4.43. The van der Waals surface area contributed by atoms with E-state index < -0.39 is 11.8 Å². The summed E-state index contributed by atoms with van der Waals surface area (Å²) in [5.41, 5.74) is 1.42. The molecule has 1 aromatic carbocycles. The van der Waals surface area contributed by atoms with Crippen LogP contribution in [0.2, 0.25) is 0 Å². The molecule has 0 aliphatic heterocycles. The van der Waals surface area contributed by atoms with Gasteiger partial charge in [-0.2, -0.15) is 11.3 Å². The normalized spacial score (nSPS) is 10.9. The number of rotatable bonds is 5. The maximum absolute atomic E-state index is 12.0. The monoisotopic (exact) mass is 332 g/mol. The highest BCUT2D eigenvalue weighted by atomic mass is 32.1. The number of amides is 2. The molecular weight excluding hydrogens is 312 g/mol. The summed E-state index contributed by atoms with van der Waals surface area (Å²) in [4.78, 5) is 23.9. The largest absolute Gasteiger partial charge is 0.497 e. The number of thiophene rings is 1. The van der Waals surface area contributed by atoms with Crippen LogP contribution in [0.4, 0.5) is 5.69 Å². The van der Waals surface area contributed by atoms with E-state index in [0.717, 1.165) is 5.56 Å². The van der Waals surface area contributed by atoms with E-state index in [2.05, 4.69) is 10.6 Å². The van der Waals surface area contributed by atoms with Gasteiger partial charge < -0.3 is 15.4 Å². The van der Waals surface area contributed by atoms with Crippen molar-refractivity contribution in [3.63, 3.8) is 0 Å². The molecule has 23 heavy (non-hydrogen) atoms. The van der Waals surface area contributed by atoms with Crippen molar-refractivity contribution in [3.8, 4) is 5.75 Å². The lowest BCUT2D eigenvalue weighted by Crippen LogP contribution is -2.41. The predicted molar refractivity (Wildman–Crippen MR) is 92.0 cm³/mol. The molecule has 122 valence electrons. The summed E-state index contributed by atoms with van der Waals surface area (Å²) in [6.07, 6.45) is 0. The van der Waals surface area contributed by atoms with Gasteiger partial charge in [0, 0.05) is 23.7 Å². The summed E-state index contributed by atoms with van der Waals surface area (Å²) in [5.74, 6) is -0.739. The van der Waals surface area contributed by atoms with Gasteiger partial charge in [-0.05, 0) is 34.5 Å². The van der Waals surface area contributed by atoms with Gasteiger partial charge in [0.1, 0.15) is 5.75 Å². The predicted octanol–water partition coefficient (Wildman–Crippen LogP) is 2.79. The Morgan fingerprint density at radius 3 is 2.65 bits per heavy atom. The van der Waals surface area contributed by atoms with Crippen LogP contribution >= 0.6 is 11.3 Å². The van der Waals surface area contributed by atoms with Gasteiger partial charge in [0.05, 0.1) is 7.11 Å². The smallest absolute Gasteiger partial charge is 0.313 e. The number of carbonyl (C=O) groups excluding carboxylic acids is 2. The van der Waals surface area contributed by atoms with Crippen molar-refractivity contribution >= 4 is 28.8 Å². The van der Waals surface area contributed by atoms with Crippen molar-refractivity contribution < 1.29 is 14.3 Å². The number of benzene rings is 1. The molecule has 0 radical (unpaired) electrons. The molecule has 2 N–H and O–H groups in total. The van der Waals surface area contributed by atoms with Gasteiger partial charge in [-0.25, -0.2) is 0 Å². The van der Waals surface area contributed by atoms with E-state index >= 15 is 0 Å². The maximum Gasteiger partial charge on any atom is 0.313 e. The molecule has 0 fully saturated rings. The number of carbonyl (C=O) groups is 2. The molecular formula is C17H20N2O3S. The molecule has 2 aromatic rings. The fraction of sp³-hybridized carbons (Fsp3) is 0.294. The van der Waals surface area contributed by atoms with Gasteiger partial charge in [-0.15, -0.1) is 0 Å². The van der Waals surface area contributed by atoms with Crippen LogP contribution in [0.5, 0.6) is 5.75 Å². The second-order valence-corrected chi connectivity index (χ2v) is 6.54. The van der Waals surface area contributed by atoms with Gasteiger partial charge in [0.2, 0.25) is 0 Å². The fourth-order valence-corrected chi connectivity index (χ4v) is 2.87. The Morgan fingerprint density at radius 2 is 2.00 bits per heavy atom. The molecule has 2 rings (SSSR count). The van der Waals surface area contributed by atoms with Crippen LogP contribution in [0.15, 0.2) is 41.1 Å². The third-order valence-electron chi connectivity index (χ3n) is 3.53. The van der Waals surface area contributed by atoms with Crippen LogP contribution in [0.3, 0.4) is 0 Å². The first-order valence-electron chi connectivity index (χ1n) is 7.18. The first-order chi connectivity index (χ1) is 10.9. The van der Waals surface area contributed by atoms with Crippen molar-refractivity contribution in [1.82, 2.24) is 5.32 Å². The van der Waals surface area contributed by atoms with Crippen molar-refractivity contribution in [1.29, 1.82) is 0 Å². The minimum Gasteiger partial charge on any atom is -0.497 e. The van der Waals surface area contributed by atoms with E-state index in [1.165, 1.54) is 0 Å².